The predicted molar refractivity (Wildman–Crippen MR) is 64.1 cm³/mol. The molecule has 92 valence electrons. The van der Waals surface area contributed by atoms with E-state index in [0.717, 1.165) is 17.9 Å². The summed E-state index contributed by atoms with van der Waals surface area (Å²) in [6.45, 7) is 4.20. The molecule has 17 heavy (non-hydrogen) atoms. The molecule has 0 spiro atoms. The fourth-order valence-electron chi connectivity index (χ4n) is 1.86. The SMILES string of the molecule is CCn1c(COCCN)nc2cc(F)ccc21. The van der Waals surface area contributed by atoms with E-state index >= 15 is 0 Å². The summed E-state index contributed by atoms with van der Waals surface area (Å²) in [6.07, 6.45) is 0. The number of aryl methyl sites for hydroxylation is 1. The monoisotopic (exact) mass is 237 g/mol. The minimum Gasteiger partial charge on any atom is -0.372 e. The molecule has 0 fully saturated rings. The molecule has 5 heteroatoms. The van der Waals surface area contributed by atoms with Crippen LogP contribution in [0.25, 0.3) is 11.0 Å². The molecule has 0 aliphatic heterocycles. The van der Waals surface area contributed by atoms with Crippen molar-refractivity contribution >= 4 is 11.0 Å². The zero-order chi connectivity index (χ0) is 12.3. The Balaban J connectivity index is 2.34. The van der Waals surface area contributed by atoms with Gasteiger partial charge < -0.3 is 15.0 Å². The maximum absolute atomic E-state index is 13.1. The molecule has 0 amide bonds. The molecule has 0 saturated carbocycles. The molecular weight excluding hydrogens is 221 g/mol. The van der Waals surface area contributed by atoms with Gasteiger partial charge in [0.05, 0.1) is 17.6 Å². The van der Waals surface area contributed by atoms with Crippen molar-refractivity contribution < 1.29 is 9.13 Å². The number of nitrogens with two attached hydrogens (primary N) is 1. The van der Waals surface area contributed by atoms with E-state index in [0.29, 0.717) is 25.3 Å². The second-order valence-corrected chi connectivity index (χ2v) is 3.75. The average molecular weight is 237 g/mol. The smallest absolute Gasteiger partial charge is 0.135 e. The van der Waals surface area contributed by atoms with Gasteiger partial charge in [-0.2, -0.15) is 0 Å². The van der Waals surface area contributed by atoms with Crippen LogP contribution in [0.4, 0.5) is 4.39 Å². The van der Waals surface area contributed by atoms with Gasteiger partial charge in [0, 0.05) is 19.2 Å². The van der Waals surface area contributed by atoms with Gasteiger partial charge in [0.15, 0.2) is 0 Å². The van der Waals surface area contributed by atoms with Gasteiger partial charge >= 0.3 is 0 Å². The standard InChI is InChI=1S/C12H16FN3O/c1-2-16-11-4-3-9(13)7-10(11)15-12(16)8-17-6-5-14/h3-4,7H,2,5-6,8,14H2,1H3. The maximum atomic E-state index is 13.1. The van der Waals surface area contributed by atoms with Crippen LogP contribution in [-0.2, 0) is 17.9 Å². The number of benzene rings is 1. The van der Waals surface area contributed by atoms with Gasteiger partial charge in [0.25, 0.3) is 0 Å². The van der Waals surface area contributed by atoms with Crippen LogP contribution >= 0.6 is 0 Å². The number of nitrogens with zero attached hydrogens (tertiary/aromatic N) is 2. The number of hydrogen-bond acceptors (Lipinski definition) is 3. The Bertz CT molecular complexity index is 510. The largest absolute Gasteiger partial charge is 0.372 e. The number of imidazole rings is 1. The molecule has 0 unspecified atom stereocenters. The highest BCUT2D eigenvalue weighted by Crippen LogP contribution is 2.18. The summed E-state index contributed by atoms with van der Waals surface area (Å²) < 4.78 is 20.5. The van der Waals surface area contributed by atoms with Gasteiger partial charge in [0.1, 0.15) is 18.2 Å². The molecule has 2 rings (SSSR count). The minimum atomic E-state index is -0.271. The highest BCUT2D eigenvalue weighted by atomic mass is 19.1. The summed E-state index contributed by atoms with van der Waals surface area (Å²) in [7, 11) is 0. The number of halogens is 1. The molecule has 0 aliphatic carbocycles. The molecule has 1 aromatic heterocycles. The van der Waals surface area contributed by atoms with Crippen molar-refractivity contribution in [1.29, 1.82) is 0 Å². The Morgan fingerprint density at radius 1 is 1.47 bits per heavy atom. The Labute approximate surface area is 99.2 Å². The van der Waals surface area contributed by atoms with Crippen LogP contribution in [0.2, 0.25) is 0 Å². The van der Waals surface area contributed by atoms with E-state index < -0.39 is 0 Å². The summed E-state index contributed by atoms with van der Waals surface area (Å²) in [6, 6.07) is 4.63. The van der Waals surface area contributed by atoms with E-state index in [-0.39, 0.29) is 5.82 Å². The molecule has 0 saturated heterocycles. The molecule has 1 heterocycles. The third-order valence-electron chi connectivity index (χ3n) is 2.60. The Morgan fingerprint density at radius 2 is 2.29 bits per heavy atom. The van der Waals surface area contributed by atoms with Crippen molar-refractivity contribution in [3.05, 3.63) is 29.8 Å². The van der Waals surface area contributed by atoms with Gasteiger partial charge in [-0.05, 0) is 19.1 Å². The maximum Gasteiger partial charge on any atom is 0.135 e. The molecule has 4 nitrogen and oxygen atoms in total. The number of aromatic nitrogens is 2. The second-order valence-electron chi connectivity index (χ2n) is 3.75. The van der Waals surface area contributed by atoms with Crippen molar-refractivity contribution in [1.82, 2.24) is 9.55 Å². The van der Waals surface area contributed by atoms with Gasteiger partial charge in [-0.25, -0.2) is 9.37 Å². The number of fused-ring (bicyclic) bond motifs is 1. The van der Waals surface area contributed by atoms with Gasteiger partial charge in [-0.15, -0.1) is 0 Å². The van der Waals surface area contributed by atoms with Crippen molar-refractivity contribution in [3.8, 4) is 0 Å². The topological polar surface area (TPSA) is 53.1 Å². The lowest BCUT2D eigenvalue weighted by Gasteiger charge is -2.06. The molecule has 0 radical (unpaired) electrons. The summed E-state index contributed by atoms with van der Waals surface area (Å²) in [5, 5.41) is 0. The average Bonchev–Trinajstić information content (AvgIpc) is 2.66. The number of rotatable bonds is 5. The molecule has 0 bridgehead atoms. The number of hydrogen-bond donors (Lipinski definition) is 1. The van der Waals surface area contributed by atoms with Crippen LogP contribution in [0.15, 0.2) is 18.2 Å². The van der Waals surface area contributed by atoms with Crippen LogP contribution in [-0.4, -0.2) is 22.7 Å². The lowest BCUT2D eigenvalue weighted by molar-refractivity contribution is 0.120. The van der Waals surface area contributed by atoms with Crippen LogP contribution in [0.3, 0.4) is 0 Å². The zero-order valence-electron chi connectivity index (χ0n) is 9.82. The lowest BCUT2D eigenvalue weighted by atomic mass is 10.3. The van der Waals surface area contributed by atoms with Crippen molar-refractivity contribution in [2.75, 3.05) is 13.2 Å². The van der Waals surface area contributed by atoms with Crippen LogP contribution < -0.4 is 5.73 Å². The highest BCUT2D eigenvalue weighted by Gasteiger charge is 2.09. The zero-order valence-corrected chi connectivity index (χ0v) is 9.82. The Kier molecular flexibility index (Phi) is 3.71. The molecule has 0 aliphatic rings. The third kappa shape index (κ3) is 2.45. The summed E-state index contributed by atoms with van der Waals surface area (Å²) in [4.78, 5) is 4.37. The fraction of sp³-hybridized carbons (Fsp3) is 0.417. The Morgan fingerprint density at radius 3 is 3.00 bits per heavy atom. The summed E-state index contributed by atoms with van der Waals surface area (Å²) >= 11 is 0. The number of ether oxygens (including phenoxy) is 1. The molecular formula is C12H16FN3O. The first kappa shape index (κ1) is 12.0. The first-order valence-electron chi connectivity index (χ1n) is 5.68. The molecule has 0 atom stereocenters. The van der Waals surface area contributed by atoms with E-state index in [9.17, 15) is 4.39 Å². The van der Waals surface area contributed by atoms with E-state index in [1.54, 1.807) is 6.07 Å². The van der Waals surface area contributed by atoms with Gasteiger partial charge in [-0.3, -0.25) is 0 Å². The Hall–Kier alpha value is -1.46. The summed E-state index contributed by atoms with van der Waals surface area (Å²) in [5.74, 6) is 0.536. The molecule has 2 N–H and O–H groups in total. The lowest BCUT2D eigenvalue weighted by Crippen LogP contribution is -2.10. The van der Waals surface area contributed by atoms with Crippen LogP contribution in [0, 0.1) is 5.82 Å². The van der Waals surface area contributed by atoms with Crippen molar-refractivity contribution in [3.63, 3.8) is 0 Å². The van der Waals surface area contributed by atoms with E-state index in [1.165, 1.54) is 12.1 Å². The first-order valence-corrected chi connectivity index (χ1v) is 5.68. The molecule has 1 aromatic carbocycles. The van der Waals surface area contributed by atoms with E-state index in [1.807, 2.05) is 11.5 Å². The third-order valence-corrected chi connectivity index (χ3v) is 2.60. The minimum absolute atomic E-state index is 0.271. The van der Waals surface area contributed by atoms with Gasteiger partial charge in [-0.1, -0.05) is 0 Å². The highest BCUT2D eigenvalue weighted by molar-refractivity contribution is 5.76. The van der Waals surface area contributed by atoms with Gasteiger partial charge in [0.2, 0.25) is 0 Å². The second kappa shape index (κ2) is 5.25. The van der Waals surface area contributed by atoms with Crippen LogP contribution in [0.1, 0.15) is 12.7 Å². The first-order chi connectivity index (χ1) is 8.26. The summed E-state index contributed by atoms with van der Waals surface area (Å²) in [5.41, 5.74) is 6.95. The van der Waals surface area contributed by atoms with Crippen LogP contribution in [0.5, 0.6) is 0 Å². The fourth-order valence-corrected chi connectivity index (χ4v) is 1.86. The van der Waals surface area contributed by atoms with E-state index in [2.05, 4.69) is 4.98 Å². The molecule has 2 aromatic rings. The van der Waals surface area contributed by atoms with Crippen molar-refractivity contribution in [2.24, 2.45) is 5.73 Å². The quantitative estimate of drug-likeness (QED) is 0.805. The van der Waals surface area contributed by atoms with E-state index in [4.69, 9.17) is 10.5 Å². The van der Waals surface area contributed by atoms with Crippen molar-refractivity contribution in [2.45, 2.75) is 20.1 Å². The predicted octanol–water partition coefficient (Wildman–Crippen LogP) is 1.67. The normalized spacial score (nSPS) is 11.2.